The predicted molar refractivity (Wildman–Crippen MR) is 83.7 cm³/mol. The molecule has 0 spiro atoms. The van der Waals surface area contributed by atoms with Crippen molar-refractivity contribution in [1.29, 1.82) is 0 Å². The van der Waals surface area contributed by atoms with Gasteiger partial charge in [0.15, 0.2) is 0 Å². The van der Waals surface area contributed by atoms with Crippen LogP contribution in [-0.2, 0) is 11.3 Å². The summed E-state index contributed by atoms with van der Waals surface area (Å²) in [7, 11) is 1.57. The summed E-state index contributed by atoms with van der Waals surface area (Å²) in [5, 5.41) is 13.4. The van der Waals surface area contributed by atoms with Gasteiger partial charge in [0.1, 0.15) is 11.9 Å². The molecule has 0 radical (unpaired) electrons. The lowest BCUT2D eigenvalue weighted by atomic mass is 9.97. The minimum Gasteiger partial charge on any atom is -0.389 e. The fourth-order valence-electron chi connectivity index (χ4n) is 2.07. The number of rotatable bonds is 9. The van der Waals surface area contributed by atoms with Gasteiger partial charge in [-0.3, -0.25) is 0 Å². The van der Waals surface area contributed by atoms with Crippen LogP contribution in [0, 0.1) is 5.92 Å². The Balaban J connectivity index is 2.43. The lowest BCUT2D eigenvalue weighted by Crippen LogP contribution is -2.31. The fourth-order valence-corrected chi connectivity index (χ4v) is 2.07. The molecule has 1 heterocycles. The molecule has 2 N–H and O–H groups in total. The Morgan fingerprint density at radius 2 is 2.14 bits per heavy atom. The van der Waals surface area contributed by atoms with Crippen LogP contribution in [0.25, 0.3) is 0 Å². The Morgan fingerprint density at radius 3 is 2.71 bits per heavy atom. The van der Waals surface area contributed by atoms with E-state index in [4.69, 9.17) is 4.74 Å². The van der Waals surface area contributed by atoms with E-state index in [1.165, 1.54) is 0 Å². The highest BCUT2D eigenvalue weighted by Crippen LogP contribution is 2.14. The van der Waals surface area contributed by atoms with Crippen molar-refractivity contribution < 1.29 is 9.84 Å². The largest absolute Gasteiger partial charge is 0.389 e. The Labute approximate surface area is 126 Å². The third-order valence-corrected chi connectivity index (χ3v) is 3.23. The minimum absolute atomic E-state index is 0.0114. The predicted octanol–water partition coefficient (Wildman–Crippen LogP) is 1.71. The summed E-state index contributed by atoms with van der Waals surface area (Å²) in [6, 6.07) is 1.80. The molecule has 0 aliphatic rings. The first kappa shape index (κ1) is 17.5. The van der Waals surface area contributed by atoms with Crippen molar-refractivity contribution in [3.05, 3.63) is 48.6 Å². The number of aromatic nitrogens is 2. The van der Waals surface area contributed by atoms with Gasteiger partial charge in [0.25, 0.3) is 0 Å². The molecule has 0 aliphatic heterocycles. The minimum atomic E-state index is -0.597. The van der Waals surface area contributed by atoms with E-state index in [0.717, 1.165) is 17.9 Å². The van der Waals surface area contributed by atoms with Gasteiger partial charge in [0.05, 0.1) is 12.6 Å². The van der Waals surface area contributed by atoms with Gasteiger partial charge >= 0.3 is 0 Å². The molecular formula is C16H25N3O2. The van der Waals surface area contributed by atoms with E-state index >= 15 is 0 Å². The molecular weight excluding hydrogens is 266 g/mol. The number of aliphatic hydroxyl groups is 1. The molecule has 0 aliphatic carbocycles. The van der Waals surface area contributed by atoms with E-state index in [-0.39, 0.29) is 12.0 Å². The molecule has 0 bridgehead atoms. The number of methoxy groups -OCH3 is 1. The van der Waals surface area contributed by atoms with Crippen LogP contribution in [0.15, 0.2) is 42.8 Å². The van der Waals surface area contributed by atoms with E-state index in [2.05, 4.69) is 21.9 Å². The van der Waals surface area contributed by atoms with Gasteiger partial charge in [-0.15, -0.1) is 6.58 Å². The van der Waals surface area contributed by atoms with E-state index in [9.17, 15) is 5.11 Å². The number of aliphatic hydroxyl groups excluding tert-OH is 1. The lowest BCUT2D eigenvalue weighted by Gasteiger charge is -2.22. The Bertz CT molecular complexity index is 448. The van der Waals surface area contributed by atoms with Gasteiger partial charge < -0.3 is 15.2 Å². The Kier molecular flexibility index (Phi) is 7.82. The van der Waals surface area contributed by atoms with Crippen molar-refractivity contribution in [3.63, 3.8) is 0 Å². The zero-order valence-electron chi connectivity index (χ0n) is 13.0. The van der Waals surface area contributed by atoms with Crippen LogP contribution in [0.5, 0.6) is 0 Å². The molecule has 0 amide bonds. The molecule has 116 valence electrons. The lowest BCUT2D eigenvalue weighted by molar-refractivity contribution is -0.00153. The SMILES string of the molecule is C=CC(OC)C(O)C(C)C=C(C)CNCc1ncccn1. The van der Waals surface area contributed by atoms with E-state index in [1.807, 2.05) is 19.9 Å². The monoisotopic (exact) mass is 291 g/mol. The first-order valence-corrected chi connectivity index (χ1v) is 7.05. The highest BCUT2D eigenvalue weighted by Gasteiger charge is 2.20. The van der Waals surface area contributed by atoms with E-state index < -0.39 is 6.10 Å². The van der Waals surface area contributed by atoms with Crippen molar-refractivity contribution in [3.8, 4) is 0 Å². The average molecular weight is 291 g/mol. The second kappa shape index (κ2) is 9.39. The van der Waals surface area contributed by atoms with Crippen LogP contribution in [0.1, 0.15) is 19.7 Å². The highest BCUT2D eigenvalue weighted by atomic mass is 16.5. The highest BCUT2D eigenvalue weighted by molar-refractivity contribution is 5.06. The van der Waals surface area contributed by atoms with E-state index in [1.54, 1.807) is 31.6 Å². The maximum absolute atomic E-state index is 10.1. The van der Waals surface area contributed by atoms with Gasteiger partial charge in [0.2, 0.25) is 0 Å². The van der Waals surface area contributed by atoms with Gasteiger partial charge in [-0.2, -0.15) is 0 Å². The number of nitrogens with one attached hydrogen (secondary N) is 1. The molecule has 3 atom stereocenters. The zero-order chi connectivity index (χ0) is 15.7. The Morgan fingerprint density at radius 1 is 1.48 bits per heavy atom. The molecule has 0 saturated heterocycles. The molecule has 3 unspecified atom stereocenters. The van der Waals surface area contributed by atoms with Gasteiger partial charge in [0, 0.05) is 32.0 Å². The Hall–Kier alpha value is -1.56. The maximum atomic E-state index is 10.1. The van der Waals surface area contributed by atoms with Crippen molar-refractivity contribution in [2.45, 2.75) is 32.6 Å². The third-order valence-electron chi connectivity index (χ3n) is 3.23. The molecule has 21 heavy (non-hydrogen) atoms. The first-order valence-electron chi connectivity index (χ1n) is 7.05. The van der Waals surface area contributed by atoms with Crippen LogP contribution in [0.4, 0.5) is 0 Å². The average Bonchev–Trinajstić information content (AvgIpc) is 2.49. The maximum Gasteiger partial charge on any atom is 0.141 e. The molecule has 5 nitrogen and oxygen atoms in total. The summed E-state index contributed by atoms with van der Waals surface area (Å²) in [6.07, 6.45) is 6.17. The van der Waals surface area contributed by atoms with Crippen molar-refractivity contribution in [2.75, 3.05) is 13.7 Å². The number of ether oxygens (including phenoxy) is 1. The first-order chi connectivity index (χ1) is 10.1. The van der Waals surface area contributed by atoms with Gasteiger partial charge in [-0.25, -0.2) is 9.97 Å². The van der Waals surface area contributed by atoms with Gasteiger partial charge in [-0.1, -0.05) is 24.6 Å². The number of hydrogen-bond acceptors (Lipinski definition) is 5. The van der Waals surface area contributed by atoms with Crippen LogP contribution in [0.3, 0.4) is 0 Å². The summed E-state index contributed by atoms with van der Waals surface area (Å²) in [6.45, 7) is 9.00. The molecule has 0 saturated carbocycles. The molecule has 5 heteroatoms. The normalized spacial score (nSPS) is 16.3. The van der Waals surface area contributed by atoms with Crippen LogP contribution in [-0.4, -0.2) is 40.9 Å². The molecule has 1 rings (SSSR count). The van der Waals surface area contributed by atoms with Crippen LogP contribution >= 0.6 is 0 Å². The fraction of sp³-hybridized carbons (Fsp3) is 0.500. The topological polar surface area (TPSA) is 67.3 Å². The summed E-state index contributed by atoms with van der Waals surface area (Å²) in [5.41, 5.74) is 1.15. The van der Waals surface area contributed by atoms with Crippen molar-refractivity contribution >= 4 is 0 Å². The molecule has 1 aromatic heterocycles. The summed E-state index contributed by atoms with van der Waals surface area (Å²) in [5.74, 6) is 0.757. The smallest absolute Gasteiger partial charge is 0.141 e. The summed E-state index contributed by atoms with van der Waals surface area (Å²) < 4.78 is 5.17. The molecule has 0 aromatic carbocycles. The number of nitrogens with zero attached hydrogens (tertiary/aromatic N) is 2. The molecule has 0 fully saturated rings. The van der Waals surface area contributed by atoms with Crippen LogP contribution < -0.4 is 5.32 Å². The third kappa shape index (κ3) is 6.16. The standard InChI is InChI=1S/C16H25N3O2/c1-5-14(21-4)16(20)13(3)9-12(2)10-17-11-15-18-7-6-8-19-15/h5-9,13-14,16-17,20H,1,10-11H2,2-4H3. The van der Waals surface area contributed by atoms with E-state index in [0.29, 0.717) is 6.54 Å². The quantitative estimate of drug-likeness (QED) is 0.678. The second-order valence-electron chi connectivity index (χ2n) is 5.07. The molecule has 1 aromatic rings. The van der Waals surface area contributed by atoms with Crippen molar-refractivity contribution in [1.82, 2.24) is 15.3 Å². The summed E-state index contributed by atoms with van der Waals surface area (Å²) in [4.78, 5) is 8.30. The van der Waals surface area contributed by atoms with Crippen LogP contribution in [0.2, 0.25) is 0 Å². The second-order valence-corrected chi connectivity index (χ2v) is 5.07. The summed E-state index contributed by atoms with van der Waals surface area (Å²) >= 11 is 0. The number of hydrogen-bond donors (Lipinski definition) is 2. The van der Waals surface area contributed by atoms with Crippen molar-refractivity contribution in [2.24, 2.45) is 5.92 Å². The van der Waals surface area contributed by atoms with Gasteiger partial charge in [-0.05, 0) is 13.0 Å². The zero-order valence-corrected chi connectivity index (χ0v) is 13.0.